The lowest BCUT2D eigenvalue weighted by atomic mass is 10.1. The number of amides is 2. The van der Waals surface area contributed by atoms with Crippen LogP contribution in [-0.4, -0.2) is 43.9 Å². The number of carbonyl (C=O) groups excluding carboxylic acids is 2. The standard InChI is InChI=1S/C27H27Cl3N6O4/c1-5-19-22-24(36(34-19)23-17(29)11-15(28)12-18(23)30)32-20(33-25(22)38)10-14-6-8-16(9-7-14)35(21(37)13-31)26(39)40-27(2,3)4/h6-9,11-12,34H,5,10,13,31H2,1-4H3. The Morgan fingerprint density at radius 3 is 2.25 bits per heavy atom. The number of aromatic nitrogens is 4. The highest BCUT2D eigenvalue weighted by Gasteiger charge is 2.28. The number of hydrogen-bond acceptors (Lipinski definition) is 7. The highest BCUT2D eigenvalue weighted by Crippen LogP contribution is 2.35. The van der Waals surface area contributed by atoms with E-state index in [1.165, 1.54) is 0 Å². The van der Waals surface area contributed by atoms with E-state index in [1.54, 1.807) is 61.9 Å². The molecular formula is C27H27Cl3N6O4. The number of nitrogens with zero attached hydrogens (tertiary/aromatic N) is 4. The molecule has 0 unspecified atom stereocenters. The first-order chi connectivity index (χ1) is 18.8. The lowest BCUT2D eigenvalue weighted by Crippen LogP contribution is -2.43. The highest BCUT2D eigenvalue weighted by atomic mass is 35.5. The zero-order valence-electron chi connectivity index (χ0n) is 22.2. The molecule has 210 valence electrons. The molecule has 2 aliphatic rings. The van der Waals surface area contributed by atoms with E-state index in [4.69, 9.17) is 45.3 Å². The van der Waals surface area contributed by atoms with Crippen molar-refractivity contribution in [2.24, 2.45) is 5.73 Å². The van der Waals surface area contributed by atoms with Crippen LogP contribution < -0.4 is 16.2 Å². The van der Waals surface area contributed by atoms with Crippen LogP contribution in [0.1, 0.15) is 44.8 Å². The number of nitrogens with two attached hydrogens (primary N) is 1. The van der Waals surface area contributed by atoms with Gasteiger partial charge in [-0.3, -0.25) is 14.7 Å². The van der Waals surface area contributed by atoms with Crippen molar-refractivity contribution in [1.29, 1.82) is 0 Å². The third-order valence-corrected chi connectivity index (χ3v) is 6.57. The number of anilines is 1. The molecule has 0 saturated heterocycles. The monoisotopic (exact) mass is 604 g/mol. The van der Waals surface area contributed by atoms with E-state index in [1.807, 2.05) is 6.92 Å². The minimum Gasteiger partial charge on any atom is -0.443 e. The van der Waals surface area contributed by atoms with Crippen LogP contribution in [0.2, 0.25) is 15.1 Å². The molecule has 40 heavy (non-hydrogen) atoms. The van der Waals surface area contributed by atoms with E-state index in [2.05, 4.69) is 15.1 Å². The van der Waals surface area contributed by atoms with Crippen molar-refractivity contribution in [2.75, 3.05) is 11.4 Å². The number of ether oxygens (including phenoxy) is 1. The number of H-pyrrole nitrogens is 1. The fraction of sp³-hybridized carbons (Fsp3) is 0.296. The lowest BCUT2D eigenvalue weighted by molar-refractivity contribution is -0.117. The second kappa shape index (κ2) is 11.6. The molecule has 0 bridgehead atoms. The smallest absolute Gasteiger partial charge is 0.421 e. The second-order valence-corrected chi connectivity index (χ2v) is 11.1. The molecule has 4 rings (SSSR count). The summed E-state index contributed by atoms with van der Waals surface area (Å²) in [5.74, 6) is -0.0434. The maximum absolute atomic E-state index is 13.1. The van der Waals surface area contributed by atoms with E-state index >= 15 is 0 Å². The Labute approximate surface area is 245 Å². The van der Waals surface area contributed by atoms with Crippen molar-refractivity contribution < 1.29 is 14.3 Å². The van der Waals surface area contributed by atoms with E-state index in [9.17, 15) is 14.4 Å². The molecule has 0 saturated carbocycles. The third-order valence-electron chi connectivity index (χ3n) is 5.78. The van der Waals surface area contributed by atoms with Gasteiger partial charge >= 0.3 is 6.09 Å². The van der Waals surface area contributed by atoms with Gasteiger partial charge in [0.05, 0.1) is 22.3 Å². The maximum atomic E-state index is 13.1. The summed E-state index contributed by atoms with van der Waals surface area (Å²) >= 11 is 19.0. The molecule has 0 aliphatic carbocycles. The average molecular weight is 606 g/mol. The average Bonchev–Trinajstić information content (AvgIpc) is 3.22. The van der Waals surface area contributed by atoms with Gasteiger partial charge in [-0.15, -0.1) is 0 Å². The van der Waals surface area contributed by atoms with Gasteiger partial charge in [-0.2, -0.15) is 4.98 Å². The van der Waals surface area contributed by atoms with Gasteiger partial charge in [0.15, 0.2) is 5.82 Å². The molecule has 3 N–H and O–H groups in total. The number of fused-ring (bicyclic) bond motifs is 1. The molecule has 2 amide bonds. The van der Waals surface area contributed by atoms with E-state index in [-0.39, 0.29) is 34.5 Å². The van der Waals surface area contributed by atoms with Crippen molar-refractivity contribution in [2.45, 2.75) is 46.1 Å². The van der Waals surface area contributed by atoms with Gasteiger partial charge in [-0.05, 0) is 57.0 Å². The zero-order chi connectivity index (χ0) is 29.4. The van der Waals surface area contributed by atoms with Crippen LogP contribution in [0.5, 0.6) is 0 Å². The summed E-state index contributed by atoms with van der Waals surface area (Å²) in [6.07, 6.45) is -0.123. The molecular weight excluding hydrogens is 579 g/mol. The topological polar surface area (TPSA) is 136 Å². The van der Waals surface area contributed by atoms with E-state index < -0.39 is 23.2 Å². The summed E-state index contributed by atoms with van der Waals surface area (Å²) in [5.41, 5.74) is 6.65. The summed E-state index contributed by atoms with van der Waals surface area (Å²) < 4.78 is 6.92. The molecule has 0 fully saturated rings. The number of nitrogens with one attached hydrogen (secondary N) is 1. The van der Waals surface area contributed by atoms with Gasteiger partial charge in [0.1, 0.15) is 22.7 Å². The van der Waals surface area contributed by atoms with Crippen molar-refractivity contribution in [3.8, 4) is 17.1 Å². The lowest BCUT2D eigenvalue weighted by Gasteiger charge is -2.26. The number of hydrogen-bond donors (Lipinski definition) is 2. The predicted molar refractivity (Wildman–Crippen MR) is 155 cm³/mol. The number of aryl methyl sites for hydroxylation is 1. The van der Waals surface area contributed by atoms with Crippen LogP contribution >= 0.6 is 34.8 Å². The predicted octanol–water partition coefficient (Wildman–Crippen LogP) is 5.40. The molecule has 0 radical (unpaired) electrons. The molecule has 0 aromatic heterocycles. The Morgan fingerprint density at radius 1 is 1.07 bits per heavy atom. The van der Waals surface area contributed by atoms with Gasteiger partial charge in [-0.1, -0.05) is 53.9 Å². The van der Waals surface area contributed by atoms with Gasteiger partial charge < -0.3 is 10.5 Å². The molecule has 2 aromatic carbocycles. The Bertz CT molecular complexity index is 1590. The first-order valence-electron chi connectivity index (χ1n) is 12.3. The maximum Gasteiger partial charge on any atom is 0.421 e. The van der Waals surface area contributed by atoms with E-state index in [0.717, 1.165) is 10.5 Å². The van der Waals surface area contributed by atoms with Crippen LogP contribution in [0.3, 0.4) is 0 Å². The number of imide groups is 1. The highest BCUT2D eigenvalue weighted by molar-refractivity contribution is 6.40. The SMILES string of the molecule is CCc1[nH]n(-c2c(Cl)cc(Cl)cc2Cl)c2nc(Cc3ccc(N(C(=O)CN)C(=O)OC(C)(C)C)cc3)nc(=O)c1-2. The molecule has 0 atom stereocenters. The Kier molecular flexibility index (Phi) is 8.55. The molecule has 0 spiro atoms. The largest absolute Gasteiger partial charge is 0.443 e. The summed E-state index contributed by atoms with van der Waals surface area (Å²) in [6, 6.07) is 9.67. The van der Waals surface area contributed by atoms with Crippen LogP contribution in [0.15, 0.2) is 41.2 Å². The van der Waals surface area contributed by atoms with Crippen LogP contribution in [-0.2, 0) is 22.4 Å². The molecule has 2 heterocycles. The fourth-order valence-electron chi connectivity index (χ4n) is 4.08. The summed E-state index contributed by atoms with van der Waals surface area (Å²) in [7, 11) is 0. The number of carbonyl (C=O) groups is 2. The molecule has 2 aromatic rings. The Hall–Kier alpha value is -3.44. The number of halogens is 3. The zero-order valence-corrected chi connectivity index (χ0v) is 24.5. The van der Waals surface area contributed by atoms with Crippen LogP contribution in [0.25, 0.3) is 17.1 Å². The quantitative estimate of drug-likeness (QED) is 0.300. The van der Waals surface area contributed by atoms with Crippen molar-refractivity contribution >= 4 is 52.5 Å². The van der Waals surface area contributed by atoms with Crippen LogP contribution in [0, 0.1) is 0 Å². The third kappa shape index (κ3) is 6.15. The van der Waals surface area contributed by atoms with Crippen molar-refractivity contribution in [3.63, 3.8) is 0 Å². The van der Waals surface area contributed by atoms with E-state index in [0.29, 0.717) is 34.2 Å². The minimum atomic E-state index is -0.830. The number of rotatable bonds is 6. The van der Waals surface area contributed by atoms with Crippen molar-refractivity contribution in [3.05, 3.63) is 78.9 Å². The first kappa shape index (κ1) is 29.5. The van der Waals surface area contributed by atoms with Gasteiger partial charge in [0.2, 0.25) is 5.91 Å². The van der Waals surface area contributed by atoms with Gasteiger partial charge in [-0.25, -0.2) is 19.4 Å². The van der Waals surface area contributed by atoms with Gasteiger partial charge in [0, 0.05) is 17.1 Å². The number of aromatic amines is 1. The molecule has 2 aliphatic heterocycles. The summed E-state index contributed by atoms with van der Waals surface area (Å²) in [4.78, 5) is 48.0. The minimum absolute atomic E-state index is 0.192. The van der Waals surface area contributed by atoms with Gasteiger partial charge in [0.25, 0.3) is 5.56 Å². The Balaban J connectivity index is 1.71. The first-order valence-corrected chi connectivity index (χ1v) is 13.5. The Morgan fingerprint density at radius 2 is 1.70 bits per heavy atom. The molecule has 10 nitrogen and oxygen atoms in total. The van der Waals surface area contributed by atoms with Crippen LogP contribution in [0.4, 0.5) is 10.5 Å². The normalized spacial score (nSPS) is 11.6. The summed E-state index contributed by atoms with van der Waals surface area (Å²) in [5, 5.41) is 4.08. The molecule has 13 heteroatoms. The fourth-order valence-corrected chi connectivity index (χ4v) is 5.07. The second-order valence-electron chi connectivity index (χ2n) is 9.90. The summed E-state index contributed by atoms with van der Waals surface area (Å²) in [6.45, 7) is 6.62. The van der Waals surface area contributed by atoms with Crippen molar-refractivity contribution in [1.82, 2.24) is 19.7 Å². The number of benzene rings is 2.